The molecule has 1 amide bonds. The monoisotopic (exact) mass is 599 g/mol. The first kappa shape index (κ1) is 28.1. The number of nitro benzene ring substituents is 1. The summed E-state index contributed by atoms with van der Waals surface area (Å²) in [4.78, 5) is 23.4. The zero-order valence-corrected chi connectivity index (χ0v) is 21.9. The average Bonchev–Trinajstić information content (AvgIpc) is 2.83. The lowest BCUT2D eigenvalue weighted by atomic mass is 10.0. The highest BCUT2D eigenvalue weighted by Gasteiger charge is 2.34. The molecule has 0 aromatic heterocycles. The predicted molar refractivity (Wildman–Crippen MR) is 134 cm³/mol. The number of hydrogen-bond donors (Lipinski definition) is 1. The van der Waals surface area contributed by atoms with E-state index in [2.05, 4.69) is 21.2 Å². The van der Waals surface area contributed by atoms with Gasteiger partial charge in [0.05, 0.1) is 27.8 Å². The standard InChI is InChI=1S/C24H21BrF3N3O5S/c1-15-3-10-19(11-4-15)37(35,36)30(2)23(32)14-22(16-5-8-18(9-6-16)31(33)34)29-17-7-12-21(25)20(13-17)24(26,27)28/h3-13,22,29H,14H2,1-2H3/t22-/m0/s1. The molecule has 1 N–H and O–H groups in total. The summed E-state index contributed by atoms with van der Waals surface area (Å²) in [5.41, 5.74) is -0.0170. The molecule has 0 saturated heterocycles. The Labute approximate surface area is 219 Å². The first-order chi connectivity index (χ1) is 17.2. The van der Waals surface area contributed by atoms with Crippen LogP contribution in [0.5, 0.6) is 0 Å². The van der Waals surface area contributed by atoms with E-state index in [1.807, 2.05) is 0 Å². The van der Waals surface area contributed by atoms with Crippen molar-refractivity contribution >= 4 is 43.2 Å². The predicted octanol–water partition coefficient (Wildman–Crippen LogP) is 6.08. The van der Waals surface area contributed by atoms with Crippen LogP contribution in [0, 0.1) is 17.0 Å². The number of nitrogens with zero attached hydrogens (tertiary/aromatic N) is 2. The molecule has 3 rings (SSSR count). The molecule has 3 aromatic carbocycles. The molecule has 8 nitrogen and oxygen atoms in total. The summed E-state index contributed by atoms with van der Waals surface area (Å²) in [5, 5.41) is 13.9. The molecule has 0 heterocycles. The van der Waals surface area contributed by atoms with Gasteiger partial charge in [-0.2, -0.15) is 13.2 Å². The summed E-state index contributed by atoms with van der Waals surface area (Å²) in [5.74, 6) is -0.843. The molecule has 0 saturated carbocycles. The molecule has 196 valence electrons. The number of carbonyl (C=O) groups is 1. The smallest absolute Gasteiger partial charge is 0.378 e. The van der Waals surface area contributed by atoms with Gasteiger partial charge in [0.25, 0.3) is 15.7 Å². The van der Waals surface area contributed by atoms with Gasteiger partial charge in [-0.25, -0.2) is 12.7 Å². The molecular formula is C24H21BrF3N3O5S. The molecule has 0 fully saturated rings. The van der Waals surface area contributed by atoms with Gasteiger partial charge in [0, 0.05) is 29.3 Å². The minimum absolute atomic E-state index is 0.00993. The van der Waals surface area contributed by atoms with E-state index in [9.17, 15) is 36.5 Å². The van der Waals surface area contributed by atoms with Gasteiger partial charge in [-0.3, -0.25) is 14.9 Å². The summed E-state index contributed by atoms with van der Waals surface area (Å²) in [6.45, 7) is 1.78. The Hall–Kier alpha value is -3.45. The molecule has 0 unspecified atom stereocenters. The first-order valence-electron chi connectivity index (χ1n) is 10.7. The van der Waals surface area contributed by atoms with Crippen molar-refractivity contribution in [1.29, 1.82) is 0 Å². The Bertz CT molecular complexity index is 1410. The second-order valence-electron chi connectivity index (χ2n) is 8.12. The normalized spacial score (nSPS) is 12.6. The van der Waals surface area contributed by atoms with Crippen molar-refractivity contribution in [3.05, 3.63) is 98.0 Å². The fraction of sp³-hybridized carbons (Fsp3) is 0.208. The van der Waals surface area contributed by atoms with Gasteiger partial charge in [-0.15, -0.1) is 0 Å². The maximum absolute atomic E-state index is 13.4. The van der Waals surface area contributed by atoms with Crippen molar-refractivity contribution in [1.82, 2.24) is 4.31 Å². The van der Waals surface area contributed by atoms with Crippen LogP contribution in [-0.2, 0) is 21.0 Å². The van der Waals surface area contributed by atoms with Crippen molar-refractivity contribution in [2.24, 2.45) is 0 Å². The maximum Gasteiger partial charge on any atom is 0.417 e. The van der Waals surface area contributed by atoms with E-state index in [0.29, 0.717) is 9.87 Å². The summed E-state index contributed by atoms with van der Waals surface area (Å²) in [7, 11) is -3.10. The molecule has 0 aliphatic carbocycles. The van der Waals surface area contributed by atoms with Crippen molar-refractivity contribution in [2.75, 3.05) is 12.4 Å². The summed E-state index contributed by atoms with van der Waals surface area (Å²) >= 11 is 2.87. The van der Waals surface area contributed by atoms with Crippen LogP contribution in [-0.4, -0.2) is 30.6 Å². The number of nitrogens with one attached hydrogen (secondary N) is 1. The fourth-order valence-electron chi connectivity index (χ4n) is 3.42. The quantitative estimate of drug-likeness (QED) is 0.248. The number of aryl methyl sites for hydroxylation is 1. The molecule has 0 aliphatic rings. The third-order valence-electron chi connectivity index (χ3n) is 5.53. The third kappa shape index (κ3) is 6.66. The average molecular weight is 600 g/mol. The van der Waals surface area contributed by atoms with Crippen molar-refractivity contribution < 1.29 is 31.3 Å². The lowest BCUT2D eigenvalue weighted by Gasteiger charge is -2.24. The van der Waals surface area contributed by atoms with Gasteiger partial charge in [-0.05, 0) is 42.8 Å². The Kier molecular flexibility index (Phi) is 8.28. The molecule has 13 heteroatoms. The van der Waals surface area contributed by atoms with Crippen LogP contribution in [0.4, 0.5) is 24.5 Å². The highest BCUT2D eigenvalue weighted by atomic mass is 79.9. The summed E-state index contributed by atoms with van der Waals surface area (Å²) in [6, 6.07) is 13.3. The minimum atomic E-state index is -4.66. The topological polar surface area (TPSA) is 110 Å². The molecule has 0 radical (unpaired) electrons. The van der Waals surface area contributed by atoms with Gasteiger partial charge >= 0.3 is 6.18 Å². The number of alkyl halides is 3. The molecule has 1 atom stereocenters. The number of benzene rings is 3. The van der Waals surface area contributed by atoms with Gasteiger partial charge < -0.3 is 5.32 Å². The van der Waals surface area contributed by atoms with Gasteiger partial charge in [0.2, 0.25) is 5.91 Å². The van der Waals surface area contributed by atoms with E-state index in [-0.39, 0.29) is 20.7 Å². The SMILES string of the molecule is Cc1ccc(S(=O)(=O)N(C)C(=O)C[C@H](Nc2ccc(Br)c(C(F)(F)F)c2)c2ccc([N+](=O)[O-])cc2)cc1. The Morgan fingerprint density at radius 1 is 1.08 bits per heavy atom. The lowest BCUT2D eigenvalue weighted by Crippen LogP contribution is -2.35. The van der Waals surface area contributed by atoms with Crippen LogP contribution in [0.25, 0.3) is 0 Å². The zero-order valence-electron chi connectivity index (χ0n) is 19.5. The van der Waals surface area contributed by atoms with Crippen molar-refractivity contribution in [3.63, 3.8) is 0 Å². The van der Waals surface area contributed by atoms with Crippen LogP contribution >= 0.6 is 15.9 Å². The highest BCUT2D eigenvalue weighted by Crippen LogP contribution is 2.37. The molecule has 3 aromatic rings. The van der Waals surface area contributed by atoms with Crippen LogP contribution in [0.3, 0.4) is 0 Å². The van der Waals surface area contributed by atoms with Gasteiger partial charge in [0.15, 0.2) is 0 Å². The lowest BCUT2D eigenvalue weighted by molar-refractivity contribution is -0.384. The van der Waals surface area contributed by atoms with E-state index in [4.69, 9.17) is 0 Å². The number of halogens is 4. The number of anilines is 1. The summed E-state index contributed by atoms with van der Waals surface area (Å²) < 4.78 is 66.5. The maximum atomic E-state index is 13.4. The van der Waals surface area contributed by atoms with E-state index >= 15 is 0 Å². The van der Waals surface area contributed by atoms with Gasteiger partial charge in [0.1, 0.15) is 0 Å². The highest BCUT2D eigenvalue weighted by molar-refractivity contribution is 9.10. The number of amides is 1. The fourth-order valence-corrected chi connectivity index (χ4v) is 5.03. The largest absolute Gasteiger partial charge is 0.417 e. The second kappa shape index (κ2) is 10.9. The minimum Gasteiger partial charge on any atom is -0.378 e. The van der Waals surface area contributed by atoms with E-state index in [0.717, 1.165) is 18.7 Å². The Morgan fingerprint density at radius 2 is 1.68 bits per heavy atom. The number of non-ortho nitro benzene ring substituents is 1. The first-order valence-corrected chi connectivity index (χ1v) is 12.9. The van der Waals surface area contributed by atoms with Crippen LogP contribution < -0.4 is 5.32 Å². The van der Waals surface area contributed by atoms with E-state index in [1.54, 1.807) is 19.1 Å². The molecule has 0 aliphatic heterocycles. The molecule has 0 bridgehead atoms. The number of nitro groups is 1. The van der Waals surface area contributed by atoms with Crippen molar-refractivity contribution in [2.45, 2.75) is 30.5 Å². The van der Waals surface area contributed by atoms with Crippen LogP contribution in [0.1, 0.15) is 29.2 Å². The van der Waals surface area contributed by atoms with Crippen LogP contribution in [0.15, 0.2) is 76.1 Å². The van der Waals surface area contributed by atoms with E-state index in [1.165, 1.54) is 48.5 Å². The number of hydrogen-bond acceptors (Lipinski definition) is 6. The summed E-state index contributed by atoms with van der Waals surface area (Å²) in [6.07, 6.45) is -5.13. The Balaban J connectivity index is 1.95. The Morgan fingerprint density at radius 3 is 2.22 bits per heavy atom. The molecule has 37 heavy (non-hydrogen) atoms. The second-order valence-corrected chi connectivity index (χ2v) is 10.9. The molecular weight excluding hydrogens is 579 g/mol. The zero-order chi connectivity index (χ0) is 27.5. The van der Waals surface area contributed by atoms with Gasteiger partial charge in [-0.1, -0.05) is 45.8 Å². The van der Waals surface area contributed by atoms with E-state index < -0.39 is 45.1 Å². The van der Waals surface area contributed by atoms with Crippen molar-refractivity contribution in [3.8, 4) is 0 Å². The number of sulfonamides is 1. The number of rotatable bonds is 8. The third-order valence-corrected chi connectivity index (χ3v) is 8.01. The van der Waals surface area contributed by atoms with Crippen LogP contribution in [0.2, 0.25) is 0 Å². The number of carbonyl (C=O) groups excluding carboxylic acids is 1. The molecule has 0 spiro atoms.